The van der Waals surface area contributed by atoms with Gasteiger partial charge in [-0.1, -0.05) is 29.8 Å². The second-order valence-electron chi connectivity index (χ2n) is 4.35. The highest BCUT2D eigenvalue weighted by atomic mass is 79.9. The molecule has 0 aliphatic heterocycles. The van der Waals surface area contributed by atoms with Gasteiger partial charge in [0.25, 0.3) is 0 Å². The smallest absolute Gasteiger partial charge is 0.229 e. The van der Waals surface area contributed by atoms with Crippen molar-refractivity contribution < 1.29 is 9.59 Å². The zero-order valence-electron chi connectivity index (χ0n) is 10.6. The molecule has 92 valence electrons. The van der Waals surface area contributed by atoms with E-state index in [2.05, 4.69) is 15.9 Å². The highest BCUT2D eigenvalue weighted by Gasteiger charge is 2.23. The Kier molecular flexibility index (Phi) is 4.63. The summed E-state index contributed by atoms with van der Waals surface area (Å²) in [5.74, 6) is -0.865. The lowest BCUT2D eigenvalue weighted by molar-refractivity contribution is -0.118. The van der Waals surface area contributed by atoms with Crippen LogP contribution in [0, 0.1) is 19.8 Å². The van der Waals surface area contributed by atoms with Gasteiger partial charge in [0.1, 0.15) is 0 Å². The lowest BCUT2D eigenvalue weighted by Gasteiger charge is -2.11. The molecule has 0 heterocycles. The monoisotopic (exact) mass is 296 g/mol. The van der Waals surface area contributed by atoms with Crippen LogP contribution in [0.1, 0.15) is 41.8 Å². The van der Waals surface area contributed by atoms with Gasteiger partial charge in [-0.2, -0.15) is 0 Å². The van der Waals surface area contributed by atoms with Crippen molar-refractivity contribution in [2.45, 2.75) is 34.1 Å². The molecule has 0 fully saturated rings. The number of hydrogen-bond acceptors (Lipinski definition) is 2. The Morgan fingerprint density at radius 3 is 2.35 bits per heavy atom. The van der Waals surface area contributed by atoms with Gasteiger partial charge >= 0.3 is 0 Å². The fourth-order valence-electron chi connectivity index (χ4n) is 1.58. The molecule has 0 saturated carbocycles. The van der Waals surface area contributed by atoms with E-state index in [1.165, 1.54) is 0 Å². The van der Waals surface area contributed by atoms with E-state index >= 15 is 0 Å². The largest absolute Gasteiger partial charge is 0.290 e. The maximum absolute atomic E-state index is 12.1. The predicted octanol–water partition coefficient (Wildman–Crippen LogP) is 3.86. The van der Waals surface area contributed by atoms with E-state index in [0.29, 0.717) is 12.0 Å². The van der Waals surface area contributed by atoms with E-state index in [-0.39, 0.29) is 17.5 Å². The molecule has 0 spiro atoms. The van der Waals surface area contributed by atoms with Gasteiger partial charge in [-0.05, 0) is 43.5 Å². The number of ketones is 2. The van der Waals surface area contributed by atoms with Crippen molar-refractivity contribution in [3.05, 3.63) is 33.3 Å². The van der Waals surface area contributed by atoms with E-state index in [0.717, 1.165) is 15.6 Å². The van der Waals surface area contributed by atoms with Crippen LogP contribution < -0.4 is 0 Å². The van der Waals surface area contributed by atoms with Crippen LogP contribution in [0.15, 0.2) is 16.6 Å². The molecule has 0 saturated heterocycles. The first-order valence-electron chi connectivity index (χ1n) is 5.74. The summed E-state index contributed by atoms with van der Waals surface area (Å²) in [4.78, 5) is 23.9. The van der Waals surface area contributed by atoms with Crippen LogP contribution >= 0.6 is 15.9 Å². The zero-order valence-corrected chi connectivity index (χ0v) is 12.2. The molecule has 2 nitrogen and oxygen atoms in total. The molecule has 1 atom stereocenters. The number of benzene rings is 1. The summed E-state index contributed by atoms with van der Waals surface area (Å²) in [6.07, 6.45) is 0.694. The molecule has 3 heteroatoms. The number of rotatable bonds is 4. The maximum atomic E-state index is 12.1. The second kappa shape index (κ2) is 5.58. The summed E-state index contributed by atoms with van der Waals surface area (Å²) in [6, 6.07) is 3.54. The summed E-state index contributed by atoms with van der Waals surface area (Å²) >= 11 is 3.41. The molecule has 0 radical (unpaired) electrons. The standard InChI is InChI=1S/C14H17BrO2/c1-5-8(2)13(16)14(17)11-6-7-12(15)10(4)9(11)3/h6-8H,5H2,1-4H3. The topological polar surface area (TPSA) is 34.1 Å². The van der Waals surface area contributed by atoms with Gasteiger partial charge in [0.2, 0.25) is 11.6 Å². The molecule has 1 unspecified atom stereocenters. The second-order valence-corrected chi connectivity index (χ2v) is 5.20. The SMILES string of the molecule is CCC(C)C(=O)C(=O)c1ccc(Br)c(C)c1C. The summed E-state index contributed by atoms with van der Waals surface area (Å²) in [7, 11) is 0. The molecular formula is C14H17BrO2. The van der Waals surface area contributed by atoms with Crippen molar-refractivity contribution >= 4 is 27.5 Å². The Labute approximate surface area is 111 Å². The number of halogens is 1. The van der Waals surface area contributed by atoms with Gasteiger partial charge in [0.05, 0.1) is 0 Å². The highest BCUT2D eigenvalue weighted by Crippen LogP contribution is 2.23. The van der Waals surface area contributed by atoms with Gasteiger partial charge in [-0.3, -0.25) is 9.59 Å². The van der Waals surface area contributed by atoms with Crippen LogP contribution in [0.4, 0.5) is 0 Å². The molecular weight excluding hydrogens is 280 g/mol. The Morgan fingerprint density at radius 1 is 1.24 bits per heavy atom. The molecule has 0 amide bonds. The van der Waals surface area contributed by atoms with E-state index < -0.39 is 0 Å². The third-order valence-electron chi connectivity index (χ3n) is 3.25. The molecule has 1 aromatic carbocycles. The number of carbonyl (C=O) groups is 2. The van der Waals surface area contributed by atoms with Crippen LogP contribution in [-0.4, -0.2) is 11.6 Å². The number of Topliss-reactive ketones (excluding diaryl/α,β-unsaturated/α-hetero) is 2. The lowest BCUT2D eigenvalue weighted by atomic mass is 9.92. The third-order valence-corrected chi connectivity index (χ3v) is 4.11. The van der Waals surface area contributed by atoms with E-state index in [4.69, 9.17) is 0 Å². The minimum absolute atomic E-state index is 0.203. The van der Waals surface area contributed by atoms with Crippen molar-refractivity contribution in [3.8, 4) is 0 Å². The van der Waals surface area contributed by atoms with Crippen LogP contribution in [0.2, 0.25) is 0 Å². The van der Waals surface area contributed by atoms with E-state index in [1.54, 1.807) is 13.0 Å². The summed E-state index contributed by atoms with van der Waals surface area (Å²) < 4.78 is 0.961. The van der Waals surface area contributed by atoms with Gasteiger partial charge in [-0.25, -0.2) is 0 Å². The average molecular weight is 297 g/mol. The average Bonchev–Trinajstić information content (AvgIpc) is 2.33. The molecule has 17 heavy (non-hydrogen) atoms. The van der Waals surface area contributed by atoms with E-state index in [1.807, 2.05) is 26.8 Å². The Bertz CT molecular complexity index is 464. The molecule has 1 rings (SSSR count). The van der Waals surface area contributed by atoms with Gasteiger partial charge in [0, 0.05) is 16.0 Å². The maximum Gasteiger partial charge on any atom is 0.229 e. The minimum Gasteiger partial charge on any atom is -0.290 e. The minimum atomic E-state index is -0.368. The summed E-state index contributed by atoms with van der Waals surface area (Å²) in [5, 5.41) is 0. The first-order chi connectivity index (χ1) is 7.90. The normalized spacial score (nSPS) is 12.3. The lowest BCUT2D eigenvalue weighted by Crippen LogP contribution is -2.22. The van der Waals surface area contributed by atoms with Gasteiger partial charge < -0.3 is 0 Å². The van der Waals surface area contributed by atoms with Gasteiger partial charge in [-0.15, -0.1) is 0 Å². The molecule has 0 bridgehead atoms. The van der Waals surface area contributed by atoms with Gasteiger partial charge in [0.15, 0.2) is 0 Å². The van der Waals surface area contributed by atoms with Crippen molar-refractivity contribution in [3.63, 3.8) is 0 Å². The molecule has 0 aliphatic rings. The van der Waals surface area contributed by atoms with Crippen LogP contribution in [0.3, 0.4) is 0 Å². The quantitative estimate of drug-likeness (QED) is 0.624. The Hall–Kier alpha value is -0.960. The van der Waals surface area contributed by atoms with Crippen LogP contribution in [-0.2, 0) is 4.79 Å². The van der Waals surface area contributed by atoms with Crippen LogP contribution in [0.5, 0.6) is 0 Å². The molecule has 1 aromatic rings. The van der Waals surface area contributed by atoms with E-state index in [9.17, 15) is 9.59 Å². The molecule has 0 N–H and O–H groups in total. The molecule has 0 aliphatic carbocycles. The van der Waals surface area contributed by atoms with Crippen LogP contribution in [0.25, 0.3) is 0 Å². The Morgan fingerprint density at radius 2 is 1.82 bits per heavy atom. The Balaban J connectivity index is 3.14. The van der Waals surface area contributed by atoms with Crippen molar-refractivity contribution in [2.24, 2.45) is 5.92 Å². The predicted molar refractivity (Wildman–Crippen MR) is 72.4 cm³/mol. The van der Waals surface area contributed by atoms with Crippen molar-refractivity contribution in [1.82, 2.24) is 0 Å². The first-order valence-corrected chi connectivity index (χ1v) is 6.53. The van der Waals surface area contributed by atoms with Crippen molar-refractivity contribution in [1.29, 1.82) is 0 Å². The fourth-order valence-corrected chi connectivity index (χ4v) is 2.01. The molecule has 0 aromatic heterocycles. The summed E-state index contributed by atoms with van der Waals surface area (Å²) in [6.45, 7) is 7.51. The highest BCUT2D eigenvalue weighted by molar-refractivity contribution is 9.10. The number of carbonyl (C=O) groups excluding carboxylic acids is 2. The third kappa shape index (κ3) is 2.83. The first kappa shape index (κ1) is 14.1. The zero-order chi connectivity index (χ0) is 13.2. The number of hydrogen-bond donors (Lipinski definition) is 0. The summed E-state index contributed by atoms with van der Waals surface area (Å²) in [5.41, 5.74) is 2.41. The van der Waals surface area contributed by atoms with Crippen molar-refractivity contribution in [2.75, 3.05) is 0 Å². The fraction of sp³-hybridized carbons (Fsp3) is 0.429.